The van der Waals surface area contributed by atoms with E-state index in [4.69, 9.17) is 4.74 Å². The highest BCUT2D eigenvalue weighted by molar-refractivity contribution is 5.48. The third-order valence-electron chi connectivity index (χ3n) is 3.18. The minimum Gasteiger partial charge on any atom is -0.470 e. The van der Waals surface area contributed by atoms with Crippen molar-refractivity contribution in [2.24, 2.45) is 0 Å². The zero-order chi connectivity index (χ0) is 12.9. The normalized spacial score (nSPS) is 14.6. The van der Waals surface area contributed by atoms with Crippen LogP contribution in [0.1, 0.15) is 18.4 Å². The Bertz CT molecular complexity index is 526. The van der Waals surface area contributed by atoms with Gasteiger partial charge in [-0.1, -0.05) is 0 Å². The lowest BCUT2D eigenvalue weighted by molar-refractivity contribution is 0.293. The molecule has 2 aromatic heterocycles. The van der Waals surface area contributed by atoms with E-state index in [0.717, 1.165) is 24.5 Å². The third kappa shape index (κ3) is 2.81. The van der Waals surface area contributed by atoms with Crippen LogP contribution in [0.4, 0.5) is 5.82 Å². The van der Waals surface area contributed by atoms with Gasteiger partial charge in [0.2, 0.25) is 0 Å². The van der Waals surface area contributed by atoms with E-state index < -0.39 is 0 Å². The van der Waals surface area contributed by atoms with Gasteiger partial charge in [-0.25, -0.2) is 9.97 Å². The zero-order valence-corrected chi connectivity index (χ0v) is 10.7. The second kappa shape index (κ2) is 5.65. The molecule has 98 valence electrons. The summed E-state index contributed by atoms with van der Waals surface area (Å²) < 4.78 is 5.79. The Hall–Kier alpha value is -2.17. The summed E-state index contributed by atoms with van der Waals surface area (Å²) in [5, 5.41) is 0. The van der Waals surface area contributed by atoms with Gasteiger partial charge in [0.05, 0.1) is 0 Å². The molecule has 3 rings (SSSR count). The predicted molar refractivity (Wildman–Crippen MR) is 72.0 cm³/mol. The maximum atomic E-state index is 5.79. The number of anilines is 1. The van der Waals surface area contributed by atoms with Crippen molar-refractivity contribution in [3.05, 3.63) is 42.5 Å². The van der Waals surface area contributed by atoms with Crippen molar-refractivity contribution in [2.75, 3.05) is 18.0 Å². The molecule has 1 aliphatic rings. The maximum Gasteiger partial charge on any atom is 0.257 e. The van der Waals surface area contributed by atoms with Gasteiger partial charge < -0.3 is 9.64 Å². The second-order valence-electron chi connectivity index (χ2n) is 4.52. The molecule has 0 atom stereocenters. The smallest absolute Gasteiger partial charge is 0.257 e. The Balaban J connectivity index is 1.73. The summed E-state index contributed by atoms with van der Waals surface area (Å²) in [6.45, 7) is 2.55. The third-order valence-corrected chi connectivity index (χ3v) is 3.18. The van der Waals surface area contributed by atoms with Crippen molar-refractivity contribution in [1.82, 2.24) is 15.0 Å². The molecule has 1 fully saturated rings. The average molecular weight is 256 g/mol. The molecule has 0 N–H and O–H groups in total. The van der Waals surface area contributed by atoms with E-state index in [-0.39, 0.29) is 0 Å². The number of pyridine rings is 1. The van der Waals surface area contributed by atoms with Crippen molar-refractivity contribution < 1.29 is 4.74 Å². The standard InChI is InChI=1S/C14H16N4O/c1-2-10-18(9-1)13-14(17-8-7-16-13)19-11-12-3-5-15-6-4-12/h3-8H,1-2,9-11H2. The molecule has 1 saturated heterocycles. The molecule has 0 aliphatic carbocycles. The van der Waals surface area contributed by atoms with Crippen molar-refractivity contribution in [1.29, 1.82) is 0 Å². The summed E-state index contributed by atoms with van der Waals surface area (Å²) >= 11 is 0. The molecule has 0 unspecified atom stereocenters. The number of ether oxygens (including phenoxy) is 1. The zero-order valence-electron chi connectivity index (χ0n) is 10.7. The first-order valence-electron chi connectivity index (χ1n) is 6.51. The van der Waals surface area contributed by atoms with Gasteiger partial charge in [-0.2, -0.15) is 0 Å². The minimum absolute atomic E-state index is 0.488. The van der Waals surface area contributed by atoms with Crippen LogP contribution in [0.5, 0.6) is 5.88 Å². The van der Waals surface area contributed by atoms with Crippen LogP contribution in [0.25, 0.3) is 0 Å². The lowest BCUT2D eigenvalue weighted by Crippen LogP contribution is -2.20. The highest BCUT2D eigenvalue weighted by atomic mass is 16.5. The molecule has 0 bridgehead atoms. The van der Waals surface area contributed by atoms with Crippen molar-refractivity contribution in [3.63, 3.8) is 0 Å². The highest BCUT2D eigenvalue weighted by Gasteiger charge is 2.18. The van der Waals surface area contributed by atoms with Crippen LogP contribution in [0.2, 0.25) is 0 Å². The number of hydrogen-bond donors (Lipinski definition) is 0. The Morgan fingerprint density at radius 1 is 1.00 bits per heavy atom. The quantitative estimate of drug-likeness (QED) is 0.838. The molecule has 5 nitrogen and oxygen atoms in total. The topological polar surface area (TPSA) is 51.1 Å². The van der Waals surface area contributed by atoms with E-state index in [1.54, 1.807) is 24.8 Å². The largest absolute Gasteiger partial charge is 0.470 e. The van der Waals surface area contributed by atoms with Crippen LogP contribution in [0.15, 0.2) is 36.9 Å². The minimum atomic E-state index is 0.488. The summed E-state index contributed by atoms with van der Waals surface area (Å²) in [6, 6.07) is 3.87. The fourth-order valence-electron chi connectivity index (χ4n) is 2.20. The van der Waals surface area contributed by atoms with Crippen LogP contribution in [0, 0.1) is 0 Å². The highest BCUT2D eigenvalue weighted by Crippen LogP contribution is 2.26. The Labute approximate surface area is 112 Å². The number of aromatic nitrogens is 3. The first-order chi connectivity index (χ1) is 9.43. The second-order valence-corrected chi connectivity index (χ2v) is 4.52. The van der Waals surface area contributed by atoms with Crippen LogP contribution in [0.3, 0.4) is 0 Å². The first kappa shape index (κ1) is 11.9. The van der Waals surface area contributed by atoms with Crippen molar-refractivity contribution in [2.45, 2.75) is 19.4 Å². The van der Waals surface area contributed by atoms with E-state index in [1.165, 1.54) is 12.8 Å². The summed E-state index contributed by atoms with van der Waals surface area (Å²) in [5.41, 5.74) is 1.08. The fourth-order valence-corrected chi connectivity index (χ4v) is 2.20. The van der Waals surface area contributed by atoms with Gasteiger partial charge in [-0.15, -0.1) is 0 Å². The number of hydrogen-bond acceptors (Lipinski definition) is 5. The lowest BCUT2D eigenvalue weighted by atomic mass is 10.3. The molecule has 0 radical (unpaired) electrons. The SMILES string of the molecule is c1cc(COc2nccnc2N2CCCC2)ccn1. The van der Waals surface area contributed by atoms with E-state index in [1.807, 2.05) is 12.1 Å². The van der Waals surface area contributed by atoms with Gasteiger partial charge in [0.25, 0.3) is 5.88 Å². The van der Waals surface area contributed by atoms with Gasteiger partial charge >= 0.3 is 0 Å². The van der Waals surface area contributed by atoms with E-state index in [9.17, 15) is 0 Å². The van der Waals surface area contributed by atoms with Crippen LogP contribution in [-0.2, 0) is 6.61 Å². The van der Waals surface area contributed by atoms with Crippen molar-refractivity contribution in [3.8, 4) is 5.88 Å². The van der Waals surface area contributed by atoms with Crippen LogP contribution < -0.4 is 9.64 Å². The van der Waals surface area contributed by atoms with E-state index >= 15 is 0 Å². The Morgan fingerprint density at radius 2 is 1.74 bits per heavy atom. The van der Waals surface area contributed by atoms with E-state index in [2.05, 4.69) is 19.9 Å². The first-order valence-corrected chi connectivity index (χ1v) is 6.51. The summed E-state index contributed by atoms with van der Waals surface area (Å²) in [6.07, 6.45) is 9.32. The molecule has 0 aromatic carbocycles. The lowest BCUT2D eigenvalue weighted by Gasteiger charge is -2.18. The Morgan fingerprint density at radius 3 is 2.53 bits per heavy atom. The molecule has 3 heterocycles. The predicted octanol–water partition coefficient (Wildman–Crippen LogP) is 2.05. The molecule has 0 spiro atoms. The van der Waals surface area contributed by atoms with Gasteiger partial charge in [-0.05, 0) is 30.5 Å². The Kier molecular flexibility index (Phi) is 3.54. The number of rotatable bonds is 4. The summed E-state index contributed by atoms with van der Waals surface area (Å²) in [7, 11) is 0. The summed E-state index contributed by atoms with van der Waals surface area (Å²) in [5.74, 6) is 1.47. The van der Waals surface area contributed by atoms with Crippen LogP contribution in [-0.4, -0.2) is 28.0 Å². The van der Waals surface area contributed by atoms with Gasteiger partial charge in [0, 0.05) is 37.9 Å². The molecule has 0 amide bonds. The fraction of sp³-hybridized carbons (Fsp3) is 0.357. The molecule has 1 aliphatic heterocycles. The summed E-state index contributed by atoms with van der Waals surface area (Å²) in [4.78, 5) is 14.9. The molecule has 5 heteroatoms. The molecule has 19 heavy (non-hydrogen) atoms. The molecule has 2 aromatic rings. The molecular weight excluding hydrogens is 240 g/mol. The molecule has 0 saturated carbocycles. The van der Waals surface area contributed by atoms with Gasteiger partial charge in [0.15, 0.2) is 5.82 Å². The number of nitrogens with zero attached hydrogens (tertiary/aromatic N) is 4. The van der Waals surface area contributed by atoms with E-state index in [0.29, 0.717) is 12.5 Å². The van der Waals surface area contributed by atoms with Crippen molar-refractivity contribution >= 4 is 5.82 Å². The average Bonchev–Trinajstić information content (AvgIpc) is 3.01. The maximum absolute atomic E-state index is 5.79. The van der Waals surface area contributed by atoms with Gasteiger partial charge in [-0.3, -0.25) is 4.98 Å². The monoisotopic (exact) mass is 256 g/mol. The van der Waals surface area contributed by atoms with Crippen LogP contribution >= 0.6 is 0 Å². The van der Waals surface area contributed by atoms with Gasteiger partial charge in [0.1, 0.15) is 6.61 Å². The molecular formula is C14H16N4O.